The van der Waals surface area contributed by atoms with Crippen LogP contribution >= 0.6 is 0 Å². The number of morpholine rings is 1. The number of nitrogens with zero attached hydrogens (tertiary/aromatic N) is 5. The van der Waals surface area contributed by atoms with Crippen molar-refractivity contribution < 1.29 is 14.3 Å². The average Bonchev–Trinajstić information content (AvgIpc) is 3.27. The number of amides is 2. The van der Waals surface area contributed by atoms with Gasteiger partial charge in [-0.1, -0.05) is 0 Å². The molecule has 0 unspecified atom stereocenters. The quantitative estimate of drug-likeness (QED) is 0.725. The number of fused-ring (bicyclic) bond motifs is 1. The van der Waals surface area contributed by atoms with Crippen LogP contribution < -0.4 is 5.32 Å². The van der Waals surface area contributed by atoms with Gasteiger partial charge in [0, 0.05) is 25.5 Å². The number of rotatable bonds is 4. The Balaban J connectivity index is 1.40. The fourth-order valence-corrected chi connectivity index (χ4v) is 3.44. The molecule has 1 fully saturated rings. The van der Waals surface area contributed by atoms with Gasteiger partial charge in [-0.05, 0) is 32.9 Å². The number of ether oxygens (including phenoxy) is 1. The second kappa shape index (κ2) is 7.32. The Morgan fingerprint density at radius 1 is 1.24 bits per heavy atom. The lowest BCUT2D eigenvalue weighted by Gasteiger charge is -2.38. The zero-order valence-corrected chi connectivity index (χ0v) is 16.8. The van der Waals surface area contributed by atoms with E-state index in [0.29, 0.717) is 30.9 Å². The molecule has 0 radical (unpaired) electrons. The molecule has 0 atom stereocenters. The van der Waals surface area contributed by atoms with Gasteiger partial charge in [0.15, 0.2) is 0 Å². The van der Waals surface area contributed by atoms with Crippen LogP contribution in [0.25, 0.3) is 5.52 Å². The number of anilines is 1. The predicted octanol–water partition coefficient (Wildman–Crippen LogP) is 1.73. The maximum atomic E-state index is 12.6. The molecule has 3 aromatic rings. The Kier molecular flexibility index (Phi) is 4.83. The van der Waals surface area contributed by atoms with Crippen LogP contribution in [0.2, 0.25) is 0 Å². The molecule has 4 heterocycles. The van der Waals surface area contributed by atoms with E-state index in [4.69, 9.17) is 4.74 Å². The molecular weight excluding hydrogens is 372 g/mol. The highest BCUT2D eigenvalue weighted by Crippen LogP contribution is 2.17. The highest BCUT2D eigenvalue weighted by molar-refractivity contribution is 6.04. The fourth-order valence-electron chi connectivity index (χ4n) is 3.44. The van der Waals surface area contributed by atoms with Crippen molar-refractivity contribution in [2.75, 3.05) is 25.0 Å². The maximum Gasteiger partial charge on any atom is 0.257 e. The van der Waals surface area contributed by atoms with Crippen molar-refractivity contribution in [1.82, 2.24) is 24.1 Å². The number of nitrogens with one attached hydrogen (secondary N) is 1. The number of aryl methyl sites for hydroxylation is 1. The summed E-state index contributed by atoms with van der Waals surface area (Å²) in [5.41, 5.74) is 1.63. The first-order valence-electron chi connectivity index (χ1n) is 9.50. The summed E-state index contributed by atoms with van der Waals surface area (Å²) in [7, 11) is 0. The van der Waals surface area contributed by atoms with Crippen LogP contribution in [0, 0.1) is 6.92 Å². The lowest BCUT2D eigenvalue weighted by atomic mass is 10.1. The van der Waals surface area contributed by atoms with E-state index in [2.05, 4.69) is 15.4 Å². The molecule has 4 rings (SSSR count). The molecule has 1 aliphatic rings. The van der Waals surface area contributed by atoms with Crippen molar-refractivity contribution in [2.45, 2.75) is 32.9 Å². The average molecular weight is 396 g/mol. The summed E-state index contributed by atoms with van der Waals surface area (Å²) in [6.07, 6.45) is 6.70. The summed E-state index contributed by atoms with van der Waals surface area (Å²) < 4.78 is 9.04. The maximum absolute atomic E-state index is 12.6. The molecular formula is C20H24N6O3. The highest BCUT2D eigenvalue weighted by Gasteiger charge is 2.30. The standard InChI is InChI=1S/C20H24N6O3/c1-14-21-9-17-5-4-15(10-26(14)17)19(28)23-16-8-22-25(11-16)12-18(27)24-6-7-29-20(2,3)13-24/h4-5,8-11H,6-7,12-13H2,1-3H3,(H,23,28). The largest absolute Gasteiger partial charge is 0.372 e. The molecule has 0 aliphatic carbocycles. The van der Waals surface area contributed by atoms with Crippen molar-refractivity contribution in [3.05, 3.63) is 48.3 Å². The third-order valence-electron chi connectivity index (χ3n) is 4.94. The highest BCUT2D eigenvalue weighted by atomic mass is 16.5. The number of pyridine rings is 1. The number of hydrogen-bond acceptors (Lipinski definition) is 5. The van der Waals surface area contributed by atoms with E-state index in [1.165, 1.54) is 10.9 Å². The Hall–Kier alpha value is -3.20. The lowest BCUT2D eigenvalue weighted by molar-refractivity contribution is -0.146. The van der Waals surface area contributed by atoms with E-state index in [1.54, 1.807) is 29.6 Å². The molecule has 0 spiro atoms. The first kappa shape index (κ1) is 19.1. The second-order valence-corrected chi connectivity index (χ2v) is 7.82. The van der Waals surface area contributed by atoms with Gasteiger partial charge < -0.3 is 19.4 Å². The lowest BCUT2D eigenvalue weighted by Crippen LogP contribution is -2.51. The molecule has 152 valence electrons. The van der Waals surface area contributed by atoms with E-state index in [-0.39, 0.29) is 24.0 Å². The van der Waals surface area contributed by atoms with Crippen molar-refractivity contribution in [3.63, 3.8) is 0 Å². The molecule has 2 amide bonds. The van der Waals surface area contributed by atoms with Crippen LogP contribution in [0.3, 0.4) is 0 Å². The van der Waals surface area contributed by atoms with E-state index < -0.39 is 0 Å². The Labute approximate surface area is 168 Å². The first-order chi connectivity index (χ1) is 13.8. The molecule has 0 bridgehead atoms. The molecule has 29 heavy (non-hydrogen) atoms. The van der Waals surface area contributed by atoms with Gasteiger partial charge in [0.2, 0.25) is 5.91 Å². The number of aromatic nitrogens is 4. The topological polar surface area (TPSA) is 93.8 Å². The number of carbonyl (C=O) groups excluding carboxylic acids is 2. The molecule has 9 heteroatoms. The zero-order valence-electron chi connectivity index (χ0n) is 16.8. The van der Waals surface area contributed by atoms with Gasteiger partial charge in [-0.2, -0.15) is 5.10 Å². The zero-order chi connectivity index (χ0) is 20.6. The van der Waals surface area contributed by atoms with E-state index in [0.717, 1.165) is 11.3 Å². The predicted molar refractivity (Wildman–Crippen MR) is 107 cm³/mol. The molecule has 0 saturated carbocycles. The summed E-state index contributed by atoms with van der Waals surface area (Å²) >= 11 is 0. The number of hydrogen-bond donors (Lipinski definition) is 1. The summed E-state index contributed by atoms with van der Waals surface area (Å²) in [6.45, 7) is 7.58. The minimum Gasteiger partial charge on any atom is -0.372 e. The van der Waals surface area contributed by atoms with Gasteiger partial charge in [0.1, 0.15) is 12.4 Å². The molecule has 3 aromatic heterocycles. The number of carbonyl (C=O) groups is 2. The van der Waals surface area contributed by atoms with Gasteiger partial charge in [0.25, 0.3) is 5.91 Å². The molecule has 1 N–H and O–H groups in total. The van der Waals surface area contributed by atoms with Crippen LogP contribution in [-0.2, 0) is 16.1 Å². The van der Waals surface area contributed by atoms with Crippen LogP contribution in [0.15, 0.2) is 36.9 Å². The summed E-state index contributed by atoms with van der Waals surface area (Å²) in [4.78, 5) is 31.1. The van der Waals surface area contributed by atoms with Crippen molar-refractivity contribution >= 4 is 23.0 Å². The third kappa shape index (κ3) is 4.14. The molecule has 0 aromatic carbocycles. The molecule has 9 nitrogen and oxygen atoms in total. The third-order valence-corrected chi connectivity index (χ3v) is 4.94. The van der Waals surface area contributed by atoms with Crippen molar-refractivity contribution in [3.8, 4) is 0 Å². The summed E-state index contributed by atoms with van der Waals surface area (Å²) in [5.74, 6) is 0.538. The molecule has 1 saturated heterocycles. The van der Waals surface area contributed by atoms with Gasteiger partial charge >= 0.3 is 0 Å². The van der Waals surface area contributed by atoms with Crippen LogP contribution in [0.1, 0.15) is 30.0 Å². The van der Waals surface area contributed by atoms with E-state index in [1.807, 2.05) is 31.2 Å². The monoisotopic (exact) mass is 396 g/mol. The smallest absolute Gasteiger partial charge is 0.257 e. The normalized spacial score (nSPS) is 16.2. The van der Waals surface area contributed by atoms with Crippen molar-refractivity contribution in [2.24, 2.45) is 0 Å². The van der Waals surface area contributed by atoms with Gasteiger partial charge in [0.05, 0.1) is 41.4 Å². The van der Waals surface area contributed by atoms with Gasteiger partial charge in [-0.15, -0.1) is 0 Å². The van der Waals surface area contributed by atoms with Gasteiger partial charge in [-0.3, -0.25) is 14.3 Å². The Bertz CT molecular complexity index is 1070. The van der Waals surface area contributed by atoms with Crippen LogP contribution in [0.4, 0.5) is 5.69 Å². The minimum atomic E-state index is -0.341. The molecule has 1 aliphatic heterocycles. The first-order valence-corrected chi connectivity index (χ1v) is 9.50. The fraction of sp³-hybridized carbons (Fsp3) is 0.400. The minimum absolute atomic E-state index is 0.0246. The summed E-state index contributed by atoms with van der Waals surface area (Å²) in [6, 6.07) is 3.60. The summed E-state index contributed by atoms with van der Waals surface area (Å²) in [5, 5.41) is 7.02. The van der Waals surface area contributed by atoms with E-state index in [9.17, 15) is 9.59 Å². The van der Waals surface area contributed by atoms with Crippen molar-refractivity contribution in [1.29, 1.82) is 0 Å². The Morgan fingerprint density at radius 2 is 2.07 bits per heavy atom. The van der Waals surface area contributed by atoms with Crippen LogP contribution in [-0.4, -0.2) is 61.2 Å². The van der Waals surface area contributed by atoms with E-state index >= 15 is 0 Å². The van der Waals surface area contributed by atoms with Gasteiger partial charge in [-0.25, -0.2) is 4.98 Å². The SMILES string of the molecule is Cc1ncc2ccc(C(=O)Nc3cnn(CC(=O)N4CCOC(C)(C)C4)c3)cn12. The number of imidazole rings is 1. The van der Waals surface area contributed by atoms with Crippen LogP contribution in [0.5, 0.6) is 0 Å². The second-order valence-electron chi connectivity index (χ2n) is 7.82. The Morgan fingerprint density at radius 3 is 2.86 bits per heavy atom.